The number of carboxylic acid groups (broad SMARTS) is 1. The maximum absolute atomic E-state index is 12.4. The molecule has 0 radical (unpaired) electrons. The predicted molar refractivity (Wildman–Crippen MR) is 129 cm³/mol. The fraction of sp³-hybridized carbons (Fsp3) is 0.391. The molecule has 0 aliphatic rings. The first-order chi connectivity index (χ1) is 16.4. The number of thiazole rings is 1. The van der Waals surface area contributed by atoms with Crippen LogP contribution in [0.25, 0.3) is 0 Å². The van der Waals surface area contributed by atoms with E-state index >= 15 is 0 Å². The highest BCUT2D eigenvalue weighted by Crippen LogP contribution is 2.34. The molecule has 2 aromatic heterocycles. The summed E-state index contributed by atoms with van der Waals surface area (Å²) in [6, 6.07) is 5.69. The second kappa shape index (κ2) is 11.3. The molecule has 0 atom stereocenters. The Morgan fingerprint density at radius 3 is 2.37 bits per heavy atom. The summed E-state index contributed by atoms with van der Waals surface area (Å²) < 4.78 is 41.0. The van der Waals surface area contributed by atoms with E-state index in [4.69, 9.17) is 0 Å². The highest BCUT2D eigenvalue weighted by Gasteiger charge is 2.31. The Morgan fingerprint density at radius 2 is 1.80 bits per heavy atom. The quantitative estimate of drug-likeness (QED) is 0.323. The van der Waals surface area contributed by atoms with Crippen molar-refractivity contribution in [2.45, 2.75) is 55.6 Å². The molecule has 0 bridgehead atoms. The SMILES string of the molecule is CCc1cnc(N(CCc2csc(SC(C)(C)C(=O)O)n2)Cc2ccc(OC(F)(F)F)cc2)nc1. The van der Waals surface area contributed by atoms with Gasteiger partial charge in [0.05, 0.1) is 5.69 Å². The van der Waals surface area contributed by atoms with E-state index in [-0.39, 0.29) is 5.75 Å². The first-order valence-corrected chi connectivity index (χ1v) is 12.4. The third kappa shape index (κ3) is 8.10. The number of aliphatic carboxylic acids is 1. The highest BCUT2D eigenvalue weighted by molar-refractivity contribution is 8.02. The summed E-state index contributed by atoms with van der Waals surface area (Å²) in [5, 5.41) is 11.2. The molecule has 188 valence electrons. The van der Waals surface area contributed by atoms with Crippen LogP contribution in [-0.2, 0) is 24.2 Å². The number of aromatic nitrogens is 3. The number of thioether (sulfide) groups is 1. The standard InChI is InChI=1S/C23H25F3N4O3S2/c1-4-15-11-27-20(28-12-15)30(13-16-5-7-18(8-6-16)33-23(24,25)26)10-9-17-14-34-21(29-17)35-22(2,3)19(31)32/h5-8,11-12,14H,4,9-10,13H2,1-3H3,(H,31,32). The minimum Gasteiger partial charge on any atom is -0.480 e. The van der Waals surface area contributed by atoms with Gasteiger partial charge < -0.3 is 14.7 Å². The van der Waals surface area contributed by atoms with Crippen molar-refractivity contribution in [1.29, 1.82) is 0 Å². The third-order valence-electron chi connectivity index (χ3n) is 4.94. The van der Waals surface area contributed by atoms with Crippen molar-refractivity contribution in [1.82, 2.24) is 15.0 Å². The topological polar surface area (TPSA) is 88.4 Å². The van der Waals surface area contributed by atoms with Crippen molar-refractivity contribution < 1.29 is 27.8 Å². The Balaban J connectivity index is 1.73. The van der Waals surface area contributed by atoms with Gasteiger partial charge in [0.25, 0.3) is 0 Å². The van der Waals surface area contributed by atoms with Gasteiger partial charge in [-0.05, 0) is 43.5 Å². The fourth-order valence-electron chi connectivity index (χ4n) is 2.92. The number of ether oxygens (including phenoxy) is 1. The van der Waals surface area contributed by atoms with Gasteiger partial charge in [0, 0.05) is 37.3 Å². The Hall–Kier alpha value is -2.86. The molecule has 1 aromatic carbocycles. The molecule has 3 rings (SSSR count). The highest BCUT2D eigenvalue weighted by atomic mass is 32.2. The number of rotatable bonds is 11. The van der Waals surface area contributed by atoms with Crippen molar-refractivity contribution in [2.24, 2.45) is 0 Å². The maximum atomic E-state index is 12.4. The number of hydrogen-bond acceptors (Lipinski definition) is 8. The lowest BCUT2D eigenvalue weighted by Crippen LogP contribution is -2.27. The van der Waals surface area contributed by atoms with Crippen LogP contribution in [-0.4, -0.2) is 43.7 Å². The Kier molecular flexibility index (Phi) is 8.60. The van der Waals surface area contributed by atoms with E-state index < -0.39 is 17.1 Å². The predicted octanol–water partition coefficient (Wildman–Crippen LogP) is 5.60. The number of carbonyl (C=O) groups is 1. The molecule has 0 saturated heterocycles. The molecule has 35 heavy (non-hydrogen) atoms. The average Bonchev–Trinajstić information content (AvgIpc) is 3.23. The number of aryl methyl sites for hydroxylation is 1. The third-order valence-corrected chi connectivity index (χ3v) is 7.11. The van der Waals surface area contributed by atoms with Gasteiger partial charge in [-0.25, -0.2) is 15.0 Å². The molecule has 0 spiro atoms. The van der Waals surface area contributed by atoms with E-state index in [2.05, 4.69) is 19.7 Å². The van der Waals surface area contributed by atoms with Crippen LogP contribution in [0.1, 0.15) is 37.6 Å². The molecule has 0 fully saturated rings. The van der Waals surface area contributed by atoms with Crippen LogP contribution < -0.4 is 9.64 Å². The van der Waals surface area contributed by atoms with Crippen molar-refractivity contribution in [3.8, 4) is 5.75 Å². The van der Waals surface area contributed by atoms with Crippen LogP contribution in [0.4, 0.5) is 19.1 Å². The number of anilines is 1. The lowest BCUT2D eigenvalue weighted by Gasteiger charge is -2.23. The average molecular weight is 527 g/mol. The van der Waals surface area contributed by atoms with Crippen LogP contribution >= 0.6 is 23.1 Å². The van der Waals surface area contributed by atoms with Gasteiger partial charge in [-0.1, -0.05) is 30.8 Å². The second-order valence-corrected chi connectivity index (χ2v) is 10.9. The van der Waals surface area contributed by atoms with Gasteiger partial charge in [-0.2, -0.15) is 0 Å². The zero-order valence-electron chi connectivity index (χ0n) is 19.4. The van der Waals surface area contributed by atoms with Crippen molar-refractivity contribution in [3.05, 3.63) is 58.9 Å². The van der Waals surface area contributed by atoms with E-state index in [1.165, 1.54) is 35.2 Å². The minimum absolute atomic E-state index is 0.284. The van der Waals surface area contributed by atoms with E-state index in [9.17, 15) is 23.1 Å². The van der Waals surface area contributed by atoms with Gasteiger partial charge in [0.1, 0.15) is 10.5 Å². The van der Waals surface area contributed by atoms with Gasteiger partial charge in [-0.15, -0.1) is 24.5 Å². The van der Waals surface area contributed by atoms with Gasteiger partial charge in [-0.3, -0.25) is 4.79 Å². The van der Waals surface area contributed by atoms with Crippen LogP contribution in [0.5, 0.6) is 5.75 Å². The monoisotopic (exact) mass is 526 g/mol. The molecule has 12 heteroatoms. The van der Waals surface area contributed by atoms with Crippen LogP contribution in [0.3, 0.4) is 0 Å². The first kappa shape index (κ1) is 26.7. The Labute approximate surface area is 209 Å². The summed E-state index contributed by atoms with van der Waals surface area (Å²) in [6.45, 7) is 6.14. The fourth-order valence-corrected chi connectivity index (χ4v) is 5.15. The van der Waals surface area contributed by atoms with Crippen molar-refractivity contribution >= 4 is 35.0 Å². The number of carboxylic acids is 1. The smallest absolute Gasteiger partial charge is 0.480 e. The zero-order valence-corrected chi connectivity index (χ0v) is 21.0. The molecular formula is C23H25F3N4O3S2. The molecule has 0 aliphatic carbocycles. The lowest BCUT2D eigenvalue weighted by atomic mass is 10.2. The van der Waals surface area contributed by atoms with E-state index in [0.29, 0.717) is 29.8 Å². The van der Waals surface area contributed by atoms with Gasteiger partial charge >= 0.3 is 12.3 Å². The molecule has 0 amide bonds. The molecule has 7 nitrogen and oxygen atoms in total. The minimum atomic E-state index is -4.74. The molecule has 1 N–H and O–H groups in total. The Morgan fingerprint density at radius 1 is 1.14 bits per heavy atom. The number of hydrogen-bond donors (Lipinski definition) is 1. The normalized spacial score (nSPS) is 11.9. The number of benzene rings is 1. The largest absolute Gasteiger partial charge is 0.573 e. The summed E-state index contributed by atoms with van der Waals surface area (Å²) in [5.74, 6) is -0.701. The summed E-state index contributed by atoms with van der Waals surface area (Å²) in [4.78, 5) is 26.8. The number of nitrogens with zero attached hydrogens (tertiary/aromatic N) is 4. The first-order valence-electron chi connectivity index (χ1n) is 10.7. The molecule has 3 aromatic rings. The summed E-state index contributed by atoms with van der Waals surface area (Å²) >= 11 is 2.58. The molecule has 0 aliphatic heterocycles. The zero-order chi connectivity index (χ0) is 25.6. The van der Waals surface area contributed by atoms with Crippen LogP contribution in [0.15, 0.2) is 46.4 Å². The molecule has 2 heterocycles. The molecule has 0 unspecified atom stereocenters. The number of halogens is 3. The molecule has 0 saturated carbocycles. The second-order valence-electron chi connectivity index (χ2n) is 8.13. The van der Waals surface area contributed by atoms with Crippen LogP contribution in [0, 0.1) is 0 Å². The molecular weight excluding hydrogens is 501 g/mol. The Bertz CT molecular complexity index is 1120. The summed E-state index contributed by atoms with van der Waals surface area (Å²) in [5.41, 5.74) is 2.56. The van der Waals surface area contributed by atoms with Crippen LogP contribution in [0.2, 0.25) is 0 Å². The lowest BCUT2D eigenvalue weighted by molar-refractivity contribution is -0.274. The summed E-state index contributed by atoms with van der Waals surface area (Å²) in [7, 11) is 0. The van der Waals surface area contributed by atoms with E-state index in [1.807, 2.05) is 17.2 Å². The van der Waals surface area contributed by atoms with Crippen molar-refractivity contribution in [2.75, 3.05) is 11.4 Å². The van der Waals surface area contributed by atoms with E-state index in [0.717, 1.165) is 23.2 Å². The maximum Gasteiger partial charge on any atom is 0.573 e. The number of alkyl halides is 3. The van der Waals surface area contributed by atoms with E-state index in [1.54, 1.807) is 38.4 Å². The van der Waals surface area contributed by atoms with Crippen molar-refractivity contribution in [3.63, 3.8) is 0 Å². The summed E-state index contributed by atoms with van der Waals surface area (Å²) in [6.07, 6.45) is 0.112. The van der Waals surface area contributed by atoms with Gasteiger partial charge in [0.15, 0.2) is 4.34 Å². The van der Waals surface area contributed by atoms with Gasteiger partial charge in [0.2, 0.25) is 5.95 Å².